The zero-order valence-electron chi connectivity index (χ0n) is 10.2. The van der Waals surface area contributed by atoms with Crippen molar-refractivity contribution < 1.29 is 14.9 Å². The van der Waals surface area contributed by atoms with Gasteiger partial charge in [-0.05, 0) is 13.8 Å². The summed E-state index contributed by atoms with van der Waals surface area (Å²) in [6, 6.07) is 1.18. The molecule has 1 fully saturated rings. The van der Waals surface area contributed by atoms with Gasteiger partial charge in [0.15, 0.2) is 0 Å². The van der Waals surface area contributed by atoms with E-state index in [1.807, 2.05) is 0 Å². The summed E-state index contributed by atoms with van der Waals surface area (Å²) in [6.45, 7) is 2.72. The monoisotopic (exact) mass is 256 g/mol. The zero-order valence-corrected chi connectivity index (χ0v) is 10.2. The Bertz CT molecular complexity index is 563. The van der Waals surface area contributed by atoms with E-state index in [2.05, 4.69) is 0 Å². The molecular formula is C11H16N2O5. The normalized spacial score (nSPS) is 28.1. The number of nitrogens with zero attached hydrogens (tertiary/aromatic N) is 2. The summed E-state index contributed by atoms with van der Waals surface area (Å²) < 4.78 is 7.49. The maximum absolute atomic E-state index is 11.9. The van der Waals surface area contributed by atoms with Crippen LogP contribution >= 0.6 is 0 Å². The van der Waals surface area contributed by atoms with Crippen molar-refractivity contribution in [2.45, 2.75) is 44.9 Å². The molecule has 1 heterocycles. The molecule has 18 heavy (non-hydrogen) atoms. The second-order valence-corrected chi connectivity index (χ2v) is 4.66. The molecule has 1 aliphatic rings. The molecule has 1 saturated carbocycles. The quantitative estimate of drug-likeness (QED) is 0.722. The van der Waals surface area contributed by atoms with Gasteiger partial charge in [-0.2, -0.15) is 0 Å². The van der Waals surface area contributed by atoms with Gasteiger partial charge in [-0.1, -0.05) is 0 Å². The summed E-state index contributed by atoms with van der Waals surface area (Å²) in [5.41, 5.74) is -1.85. The number of aromatic nitrogens is 2. The average Bonchev–Trinajstić information content (AvgIpc) is 2.86. The molecule has 0 bridgehead atoms. The fourth-order valence-electron chi connectivity index (χ4n) is 1.84. The zero-order chi connectivity index (χ0) is 13.5. The standard InChI is InChI=1S/C11H16N2O5/c1-7(18-11(2)5-8(11)15)12-4-3-9(16)13(6-14)10(12)17/h3-4,7-8,14-15H,5-6H2,1-2H3/t7-,8-,11?/m1/s1. The number of aliphatic hydroxyl groups is 2. The second-order valence-electron chi connectivity index (χ2n) is 4.66. The van der Waals surface area contributed by atoms with Crippen molar-refractivity contribution in [1.29, 1.82) is 0 Å². The van der Waals surface area contributed by atoms with Crippen LogP contribution in [0.3, 0.4) is 0 Å². The van der Waals surface area contributed by atoms with Gasteiger partial charge in [0, 0.05) is 18.7 Å². The van der Waals surface area contributed by atoms with Gasteiger partial charge in [0.2, 0.25) is 0 Å². The lowest BCUT2D eigenvalue weighted by Gasteiger charge is -2.21. The third kappa shape index (κ3) is 2.12. The lowest BCUT2D eigenvalue weighted by atomic mass is 10.4. The molecule has 7 nitrogen and oxygen atoms in total. The lowest BCUT2D eigenvalue weighted by molar-refractivity contribution is -0.0724. The molecule has 100 valence electrons. The number of rotatable bonds is 4. The molecule has 0 amide bonds. The SMILES string of the molecule is C[C@@H](OC1(C)C[C@H]1O)n1ccc(=O)n(CO)c1=O. The van der Waals surface area contributed by atoms with Crippen molar-refractivity contribution in [1.82, 2.24) is 9.13 Å². The van der Waals surface area contributed by atoms with E-state index >= 15 is 0 Å². The highest BCUT2D eigenvalue weighted by atomic mass is 16.5. The van der Waals surface area contributed by atoms with Crippen LogP contribution in [0.4, 0.5) is 0 Å². The number of aliphatic hydroxyl groups excluding tert-OH is 2. The first kappa shape index (κ1) is 13.0. The minimum atomic E-state index is -0.675. The number of ether oxygens (including phenoxy) is 1. The average molecular weight is 256 g/mol. The summed E-state index contributed by atoms with van der Waals surface area (Å²) in [4.78, 5) is 23.2. The molecule has 3 atom stereocenters. The van der Waals surface area contributed by atoms with Crippen LogP contribution in [0.1, 0.15) is 26.5 Å². The molecule has 0 saturated heterocycles. The maximum atomic E-state index is 11.9. The molecule has 1 aromatic rings. The second kappa shape index (κ2) is 4.34. The number of hydrogen-bond acceptors (Lipinski definition) is 5. The molecule has 1 aromatic heterocycles. The summed E-state index contributed by atoms with van der Waals surface area (Å²) in [7, 11) is 0. The summed E-state index contributed by atoms with van der Waals surface area (Å²) in [6.07, 6.45) is 0.683. The van der Waals surface area contributed by atoms with Gasteiger partial charge >= 0.3 is 5.69 Å². The first-order valence-electron chi connectivity index (χ1n) is 5.68. The van der Waals surface area contributed by atoms with Crippen molar-refractivity contribution in [3.8, 4) is 0 Å². The summed E-state index contributed by atoms with van der Waals surface area (Å²) in [5.74, 6) is 0. The van der Waals surface area contributed by atoms with Crippen LogP contribution in [-0.4, -0.2) is 31.1 Å². The van der Waals surface area contributed by atoms with Crippen LogP contribution in [-0.2, 0) is 11.5 Å². The van der Waals surface area contributed by atoms with Gasteiger partial charge in [-0.15, -0.1) is 0 Å². The predicted molar refractivity (Wildman–Crippen MR) is 62.0 cm³/mol. The Labute approximate surface area is 103 Å². The minimum absolute atomic E-state index is 0.520. The Kier molecular flexibility index (Phi) is 3.14. The third-order valence-corrected chi connectivity index (χ3v) is 3.21. The fourth-order valence-corrected chi connectivity index (χ4v) is 1.84. The van der Waals surface area contributed by atoms with Gasteiger partial charge in [0.05, 0.1) is 11.7 Å². The van der Waals surface area contributed by atoms with Crippen molar-refractivity contribution in [2.24, 2.45) is 0 Å². The van der Waals surface area contributed by atoms with E-state index in [1.165, 1.54) is 16.8 Å². The van der Waals surface area contributed by atoms with Crippen molar-refractivity contribution in [2.75, 3.05) is 0 Å². The topological polar surface area (TPSA) is 93.7 Å². The van der Waals surface area contributed by atoms with Gasteiger partial charge in [0.1, 0.15) is 13.0 Å². The Balaban J connectivity index is 2.29. The molecule has 0 spiro atoms. The highest BCUT2D eigenvalue weighted by Gasteiger charge is 2.51. The van der Waals surface area contributed by atoms with Gasteiger partial charge in [0.25, 0.3) is 5.56 Å². The molecule has 1 unspecified atom stereocenters. The highest BCUT2D eigenvalue weighted by molar-refractivity contribution is 5.02. The molecule has 0 aliphatic heterocycles. The first-order valence-corrected chi connectivity index (χ1v) is 5.68. The Morgan fingerprint density at radius 1 is 1.61 bits per heavy atom. The van der Waals surface area contributed by atoms with E-state index in [-0.39, 0.29) is 0 Å². The van der Waals surface area contributed by atoms with Crippen LogP contribution in [0.5, 0.6) is 0 Å². The van der Waals surface area contributed by atoms with E-state index in [4.69, 9.17) is 9.84 Å². The van der Waals surface area contributed by atoms with E-state index in [0.717, 1.165) is 0 Å². The van der Waals surface area contributed by atoms with E-state index in [0.29, 0.717) is 11.0 Å². The van der Waals surface area contributed by atoms with Crippen LogP contribution in [0.15, 0.2) is 21.9 Å². The fraction of sp³-hybridized carbons (Fsp3) is 0.636. The molecular weight excluding hydrogens is 240 g/mol. The predicted octanol–water partition coefficient (Wildman–Crippen LogP) is -0.982. The molecule has 1 aliphatic carbocycles. The number of hydrogen-bond donors (Lipinski definition) is 2. The lowest BCUT2D eigenvalue weighted by Crippen LogP contribution is -2.41. The van der Waals surface area contributed by atoms with Crippen LogP contribution in [0.25, 0.3) is 0 Å². The molecule has 7 heteroatoms. The van der Waals surface area contributed by atoms with Crippen LogP contribution in [0.2, 0.25) is 0 Å². The molecule has 0 aromatic carbocycles. The maximum Gasteiger partial charge on any atom is 0.335 e. The minimum Gasteiger partial charge on any atom is -0.390 e. The van der Waals surface area contributed by atoms with Crippen molar-refractivity contribution in [3.05, 3.63) is 33.1 Å². The van der Waals surface area contributed by atoms with E-state index in [9.17, 15) is 14.7 Å². The Morgan fingerprint density at radius 3 is 2.72 bits per heavy atom. The molecule has 2 rings (SSSR count). The third-order valence-electron chi connectivity index (χ3n) is 3.21. The van der Waals surface area contributed by atoms with Gasteiger partial charge < -0.3 is 14.9 Å². The highest BCUT2D eigenvalue weighted by Crippen LogP contribution is 2.41. The first-order chi connectivity index (χ1) is 8.39. The van der Waals surface area contributed by atoms with Crippen molar-refractivity contribution >= 4 is 0 Å². The van der Waals surface area contributed by atoms with E-state index < -0.39 is 35.9 Å². The smallest absolute Gasteiger partial charge is 0.335 e. The van der Waals surface area contributed by atoms with Crippen LogP contribution < -0.4 is 11.2 Å². The Morgan fingerprint density at radius 2 is 2.22 bits per heavy atom. The van der Waals surface area contributed by atoms with E-state index in [1.54, 1.807) is 13.8 Å². The van der Waals surface area contributed by atoms with Gasteiger partial charge in [-0.25, -0.2) is 9.36 Å². The molecule has 0 radical (unpaired) electrons. The largest absolute Gasteiger partial charge is 0.390 e. The van der Waals surface area contributed by atoms with Gasteiger partial charge in [-0.3, -0.25) is 9.36 Å². The van der Waals surface area contributed by atoms with Crippen LogP contribution in [0, 0.1) is 0 Å². The van der Waals surface area contributed by atoms with Crippen molar-refractivity contribution in [3.63, 3.8) is 0 Å². The summed E-state index contributed by atoms with van der Waals surface area (Å²) >= 11 is 0. The molecule has 2 N–H and O–H groups in total. The Hall–Kier alpha value is -1.44. The summed E-state index contributed by atoms with van der Waals surface area (Å²) in [5, 5.41) is 18.3.